The fourth-order valence-corrected chi connectivity index (χ4v) is 4.66. The summed E-state index contributed by atoms with van der Waals surface area (Å²) in [5.41, 5.74) is 2.04. The SMILES string of the molecule is CC(C)C1CC(=O)C2=CCCCC2C1C(=O)C1=CCCCC1. The fourth-order valence-electron chi connectivity index (χ4n) is 4.66. The van der Waals surface area contributed by atoms with E-state index in [9.17, 15) is 9.59 Å². The van der Waals surface area contributed by atoms with E-state index in [0.717, 1.165) is 49.7 Å². The molecule has 0 heterocycles. The van der Waals surface area contributed by atoms with Crippen molar-refractivity contribution in [2.45, 2.75) is 65.2 Å². The van der Waals surface area contributed by atoms with Crippen LogP contribution in [0.3, 0.4) is 0 Å². The third-order valence-electron chi connectivity index (χ3n) is 5.89. The molecule has 0 bridgehead atoms. The standard InChI is InChI=1S/C20H28O2/c1-13(2)17-12-18(21)15-10-6-7-11-16(15)19(17)20(22)14-8-4-3-5-9-14/h8,10,13,16-17,19H,3-7,9,11-12H2,1-2H3. The van der Waals surface area contributed by atoms with E-state index >= 15 is 0 Å². The lowest BCUT2D eigenvalue weighted by molar-refractivity contribution is -0.128. The second-order valence-corrected chi connectivity index (χ2v) is 7.60. The summed E-state index contributed by atoms with van der Waals surface area (Å²) < 4.78 is 0. The number of carbonyl (C=O) groups excluding carboxylic acids is 2. The third-order valence-corrected chi connectivity index (χ3v) is 5.89. The zero-order valence-electron chi connectivity index (χ0n) is 13.9. The molecule has 22 heavy (non-hydrogen) atoms. The van der Waals surface area contributed by atoms with Gasteiger partial charge in [-0.05, 0) is 73.8 Å². The average molecular weight is 300 g/mol. The maximum atomic E-state index is 13.2. The molecule has 3 aliphatic rings. The Hall–Kier alpha value is -1.18. The second kappa shape index (κ2) is 6.52. The number of allylic oxidation sites excluding steroid dienone is 4. The molecule has 0 spiro atoms. The molecule has 1 saturated carbocycles. The van der Waals surface area contributed by atoms with E-state index in [1.54, 1.807) is 0 Å². The van der Waals surface area contributed by atoms with Crippen molar-refractivity contribution in [2.24, 2.45) is 23.7 Å². The fraction of sp³-hybridized carbons (Fsp3) is 0.700. The highest BCUT2D eigenvalue weighted by molar-refractivity contribution is 6.03. The van der Waals surface area contributed by atoms with Gasteiger partial charge in [0, 0.05) is 12.3 Å². The minimum atomic E-state index is 0.0496. The number of hydrogen-bond acceptors (Lipinski definition) is 2. The Kier molecular flexibility index (Phi) is 4.65. The van der Waals surface area contributed by atoms with E-state index in [0.29, 0.717) is 23.9 Å². The molecule has 0 aliphatic heterocycles. The maximum Gasteiger partial charge on any atom is 0.162 e. The van der Waals surface area contributed by atoms with Gasteiger partial charge >= 0.3 is 0 Å². The number of fused-ring (bicyclic) bond motifs is 1. The lowest BCUT2D eigenvalue weighted by Gasteiger charge is -2.42. The minimum Gasteiger partial charge on any atom is -0.295 e. The van der Waals surface area contributed by atoms with Gasteiger partial charge in [0.05, 0.1) is 0 Å². The Labute approximate surface area is 134 Å². The molecule has 3 atom stereocenters. The van der Waals surface area contributed by atoms with Crippen molar-refractivity contribution in [3.63, 3.8) is 0 Å². The molecule has 0 saturated heterocycles. The number of rotatable bonds is 3. The van der Waals surface area contributed by atoms with Crippen LogP contribution in [0.2, 0.25) is 0 Å². The van der Waals surface area contributed by atoms with Crippen molar-refractivity contribution in [1.29, 1.82) is 0 Å². The van der Waals surface area contributed by atoms with E-state index in [1.807, 2.05) is 0 Å². The van der Waals surface area contributed by atoms with E-state index in [1.165, 1.54) is 6.42 Å². The number of carbonyl (C=O) groups is 2. The van der Waals surface area contributed by atoms with Gasteiger partial charge in [0.1, 0.15) is 0 Å². The number of ketones is 2. The van der Waals surface area contributed by atoms with Gasteiger partial charge in [0.2, 0.25) is 0 Å². The summed E-state index contributed by atoms with van der Waals surface area (Å²) in [5.74, 6) is 1.54. The van der Waals surface area contributed by atoms with Crippen molar-refractivity contribution < 1.29 is 9.59 Å². The smallest absolute Gasteiger partial charge is 0.162 e. The van der Waals surface area contributed by atoms with Crippen LogP contribution in [0.15, 0.2) is 23.3 Å². The monoisotopic (exact) mass is 300 g/mol. The molecule has 0 aromatic heterocycles. The second-order valence-electron chi connectivity index (χ2n) is 7.60. The van der Waals surface area contributed by atoms with Gasteiger partial charge in [-0.1, -0.05) is 26.0 Å². The van der Waals surface area contributed by atoms with Gasteiger partial charge < -0.3 is 0 Å². The van der Waals surface area contributed by atoms with Crippen LogP contribution < -0.4 is 0 Å². The first-order chi connectivity index (χ1) is 10.6. The number of hydrogen-bond donors (Lipinski definition) is 0. The zero-order chi connectivity index (χ0) is 15.7. The molecule has 2 nitrogen and oxygen atoms in total. The van der Waals surface area contributed by atoms with Crippen LogP contribution in [0, 0.1) is 23.7 Å². The van der Waals surface area contributed by atoms with Crippen LogP contribution >= 0.6 is 0 Å². The van der Waals surface area contributed by atoms with Gasteiger partial charge in [-0.25, -0.2) is 0 Å². The highest BCUT2D eigenvalue weighted by Gasteiger charge is 2.46. The van der Waals surface area contributed by atoms with E-state index in [4.69, 9.17) is 0 Å². The Balaban J connectivity index is 1.94. The summed E-state index contributed by atoms with van der Waals surface area (Å²) in [6, 6.07) is 0. The van der Waals surface area contributed by atoms with Crippen LogP contribution in [0.1, 0.15) is 65.2 Å². The van der Waals surface area contributed by atoms with Crippen LogP contribution in [0.5, 0.6) is 0 Å². The predicted octanol–water partition coefficient (Wildman–Crippen LogP) is 4.64. The normalized spacial score (nSPS) is 32.3. The van der Waals surface area contributed by atoms with E-state index in [2.05, 4.69) is 26.0 Å². The van der Waals surface area contributed by atoms with Crippen molar-refractivity contribution in [2.75, 3.05) is 0 Å². The summed E-state index contributed by atoms with van der Waals surface area (Å²) in [4.78, 5) is 25.7. The molecule has 0 aromatic rings. The first-order valence-corrected chi connectivity index (χ1v) is 9.06. The molecule has 0 N–H and O–H groups in total. The summed E-state index contributed by atoms with van der Waals surface area (Å²) in [7, 11) is 0. The van der Waals surface area contributed by atoms with Crippen LogP contribution in [0.4, 0.5) is 0 Å². The minimum absolute atomic E-state index is 0.0496. The number of Topliss-reactive ketones (excluding diaryl/α,β-unsaturated/α-hetero) is 2. The average Bonchev–Trinajstić information content (AvgIpc) is 2.55. The highest BCUT2D eigenvalue weighted by atomic mass is 16.1. The zero-order valence-corrected chi connectivity index (χ0v) is 13.9. The molecule has 120 valence electrons. The summed E-state index contributed by atoms with van der Waals surface area (Å²) in [5, 5.41) is 0. The van der Waals surface area contributed by atoms with Gasteiger partial charge in [-0.2, -0.15) is 0 Å². The molecular weight excluding hydrogens is 272 g/mol. The van der Waals surface area contributed by atoms with Crippen molar-refractivity contribution in [1.82, 2.24) is 0 Å². The Morgan fingerprint density at radius 2 is 1.91 bits per heavy atom. The topological polar surface area (TPSA) is 34.1 Å². The summed E-state index contributed by atoms with van der Waals surface area (Å²) in [6.07, 6.45) is 12.4. The molecule has 3 rings (SSSR count). The Bertz CT molecular complexity index is 524. The molecule has 3 unspecified atom stereocenters. The quantitative estimate of drug-likeness (QED) is 0.760. The highest BCUT2D eigenvalue weighted by Crippen LogP contribution is 2.46. The van der Waals surface area contributed by atoms with Gasteiger partial charge in [0.25, 0.3) is 0 Å². The lowest BCUT2D eigenvalue weighted by Crippen LogP contribution is -2.43. The van der Waals surface area contributed by atoms with Crippen molar-refractivity contribution in [3.05, 3.63) is 23.3 Å². The molecular formula is C20H28O2. The van der Waals surface area contributed by atoms with E-state index in [-0.39, 0.29) is 17.8 Å². The first-order valence-electron chi connectivity index (χ1n) is 9.06. The molecule has 0 aromatic carbocycles. The third kappa shape index (κ3) is 2.85. The largest absolute Gasteiger partial charge is 0.295 e. The summed E-state index contributed by atoms with van der Waals surface area (Å²) >= 11 is 0. The lowest BCUT2D eigenvalue weighted by atomic mass is 9.60. The van der Waals surface area contributed by atoms with Crippen LogP contribution in [0.25, 0.3) is 0 Å². The van der Waals surface area contributed by atoms with Crippen LogP contribution in [-0.4, -0.2) is 11.6 Å². The molecule has 2 heteroatoms. The van der Waals surface area contributed by atoms with Crippen molar-refractivity contribution >= 4 is 11.6 Å². The van der Waals surface area contributed by atoms with Crippen LogP contribution in [-0.2, 0) is 9.59 Å². The maximum absolute atomic E-state index is 13.2. The first kappa shape index (κ1) is 15.7. The molecule has 1 fully saturated rings. The van der Waals surface area contributed by atoms with E-state index < -0.39 is 0 Å². The Morgan fingerprint density at radius 3 is 2.59 bits per heavy atom. The van der Waals surface area contributed by atoms with Crippen molar-refractivity contribution in [3.8, 4) is 0 Å². The Morgan fingerprint density at radius 1 is 1.14 bits per heavy atom. The van der Waals surface area contributed by atoms with Gasteiger partial charge in [-0.15, -0.1) is 0 Å². The molecule has 0 radical (unpaired) electrons. The molecule has 3 aliphatic carbocycles. The predicted molar refractivity (Wildman–Crippen MR) is 88.4 cm³/mol. The van der Waals surface area contributed by atoms with Gasteiger partial charge in [-0.3, -0.25) is 9.59 Å². The molecule has 0 amide bonds. The van der Waals surface area contributed by atoms with Gasteiger partial charge in [0.15, 0.2) is 11.6 Å². The summed E-state index contributed by atoms with van der Waals surface area (Å²) in [6.45, 7) is 4.34.